The minimum Gasteiger partial charge on any atom is -0.455 e. The lowest BCUT2D eigenvalue weighted by Crippen LogP contribution is -2.29. The van der Waals surface area contributed by atoms with Gasteiger partial charge in [0, 0.05) is 12.6 Å². The second-order valence-corrected chi connectivity index (χ2v) is 5.60. The molecule has 1 aliphatic heterocycles. The smallest absolute Gasteiger partial charge is 0.253 e. The lowest BCUT2D eigenvalue weighted by atomic mass is 10.2. The number of rotatable bonds is 5. The van der Waals surface area contributed by atoms with Gasteiger partial charge in [-0.3, -0.25) is 4.79 Å². The molecule has 2 aromatic carbocycles. The van der Waals surface area contributed by atoms with Crippen molar-refractivity contribution in [1.82, 2.24) is 0 Å². The van der Waals surface area contributed by atoms with Crippen molar-refractivity contribution in [3.63, 3.8) is 0 Å². The molecule has 0 aromatic heterocycles. The molecule has 1 fully saturated rings. The topological polar surface area (TPSA) is 73.6 Å². The molecule has 1 aliphatic rings. The van der Waals surface area contributed by atoms with Crippen molar-refractivity contribution in [1.29, 1.82) is 0 Å². The Morgan fingerprint density at radius 2 is 2.04 bits per heavy atom. The SMILES string of the molecule is Cl.NC[C@H]1CC[C@@H](C(=O)Nc2ccccc2Oc2cccc(F)c2)O1. The maximum absolute atomic E-state index is 13.3. The Morgan fingerprint density at radius 1 is 1.24 bits per heavy atom. The van der Waals surface area contributed by atoms with Crippen LogP contribution in [-0.4, -0.2) is 24.7 Å². The van der Waals surface area contributed by atoms with Gasteiger partial charge in [-0.25, -0.2) is 4.39 Å². The highest BCUT2D eigenvalue weighted by molar-refractivity contribution is 5.95. The van der Waals surface area contributed by atoms with Crippen LogP contribution in [0.25, 0.3) is 0 Å². The van der Waals surface area contributed by atoms with Crippen LogP contribution in [0.15, 0.2) is 48.5 Å². The highest BCUT2D eigenvalue weighted by Crippen LogP contribution is 2.30. The number of amides is 1. The number of benzene rings is 2. The second-order valence-electron chi connectivity index (χ2n) is 5.60. The van der Waals surface area contributed by atoms with E-state index in [1.54, 1.807) is 36.4 Å². The molecule has 2 atom stereocenters. The van der Waals surface area contributed by atoms with E-state index < -0.39 is 6.10 Å². The van der Waals surface area contributed by atoms with Crippen LogP contribution < -0.4 is 15.8 Å². The summed E-state index contributed by atoms with van der Waals surface area (Å²) in [6, 6.07) is 12.8. The third kappa shape index (κ3) is 4.92. The number of hydrogen-bond donors (Lipinski definition) is 2. The standard InChI is InChI=1S/C18H19FN2O3.ClH/c19-12-4-3-5-13(10-12)23-16-7-2-1-6-15(16)21-18(22)17-9-8-14(11-20)24-17;/h1-7,10,14,17H,8-9,11,20H2,(H,21,22);1H/t14-,17+;/m1./s1. The van der Waals surface area contributed by atoms with Crippen molar-refractivity contribution < 1.29 is 18.7 Å². The van der Waals surface area contributed by atoms with Crippen LogP contribution in [0.1, 0.15) is 12.8 Å². The zero-order valence-electron chi connectivity index (χ0n) is 13.5. The molecule has 2 aromatic rings. The molecule has 1 saturated heterocycles. The second kappa shape index (κ2) is 8.80. The van der Waals surface area contributed by atoms with Crippen LogP contribution in [0, 0.1) is 5.82 Å². The van der Waals surface area contributed by atoms with E-state index >= 15 is 0 Å². The maximum atomic E-state index is 13.3. The molecule has 1 heterocycles. The zero-order valence-corrected chi connectivity index (χ0v) is 14.3. The molecular formula is C18H20ClFN2O3. The molecule has 0 bridgehead atoms. The van der Waals surface area contributed by atoms with Crippen LogP contribution in [-0.2, 0) is 9.53 Å². The number of para-hydroxylation sites is 2. The van der Waals surface area contributed by atoms with E-state index in [4.69, 9.17) is 15.2 Å². The summed E-state index contributed by atoms with van der Waals surface area (Å²) >= 11 is 0. The number of nitrogens with one attached hydrogen (secondary N) is 1. The van der Waals surface area contributed by atoms with Crippen molar-refractivity contribution in [3.05, 3.63) is 54.3 Å². The fourth-order valence-electron chi connectivity index (χ4n) is 2.60. The number of halogens is 2. The van der Waals surface area contributed by atoms with Gasteiger partial charge in [-0.15, -0.1) is 12.4 Å². The molecule has 3 N–H and O–H groups in total. The van der Waals surface area contributed by atoms with E-state index in [-0.39, 0.29) is 30.2 Å². The summed E-state index contributed by atoms with van der Waals surface area (Å²) < 4.78 is 24.6. The molecule has 3 rings (SSSR count). The van der Waals surface area contributed by atoms with Crippen LogP contribution in [0.3, 0.4) is 0 Å². The van der Waals surface area contributed by atoms with Gasteiger partial charge in [0.1, 0.15) is 17.7 Å². The van der Waals surface area contributed by atoms with Gasteiger partial charge in [-0.1, -0.05) is 18.2 Å². The van der Waals surface area contributed by atoms with Crippen LogP contribution in [0.5, 0.6) is 11.5 Å². The molecule has 25 heavy (non-hydrogen) atoms. The minimum absolute atomic E-state index is 0. The number of anilines is 1. The Balaban J connectivity index is 0.00000225. The number of carbonyl (C=O) groups excluding carboxylic acids is 1. The molecule has 1 amide bonds. The quantitative estimate of drug-likeness (QED) is 0.849. The first kappa shape index (κ1) is 19.2. The monoisotopic (exact) mass is 366 g/mol. The summed E-state index contributed by atoms with van der Waals surface area (Å²) in [6.07, 6.45) is 0.830. The van der Waals surface area contributed by atoms with Gasteiger partial charge in [0.25, 0.3) is 5.91 Å². The summed E-state index contributed by atoms with van der Waals surface area (Å²) in [4.78, 5) is 12.3. The number of hydrogen-bond acceptors (Lipinski definition) is 4. The van der Waals surface area contributed by atoms with E-state index in [1.165, 1.54) is 12.1 Å². The van der Waals surface area contributed by atoms with Crippen LogP contribution in [0.2, 0.25) is 0 Å². The van der Waals surface area contributed by atoms with E-state index in [9.17, 15) is 9.18 Å². The Labute approximate surface area is 151 Å². The first-order valence-electron chi connectivity index (χ1n) is 7.84. The molecule has 0 radical (unpaired) electrons. The van der Waals surface area contributed by atoms with E-state index in [0.29, 0.717) is 30.2 Å². The van der Waals surface area contributed by atoms with Gasteiger partial charge >= 0.3 is 0 Å². The lowest BCUT2D eigenvalue weighted by Gasteiger charge is -2.15. The Kier molecular flexibility index (Phi) is 6.75. The summed E-state index contributed by atoms with van der Waals surface area (Å²) in [5.41, 5.74) is 6.07. The summed E-state index contributed by atoms with van der Waals surface area (Å²) in [7, 11) is 0. The minimum atomic E-state index is -0.513. The first-order chi connectivity index (χ1) is 11.7. The first-order valence-corrected chi connectivity index (χ1v) is 7.84. The zero-order chi connectivity index (χ0) is 16.9. The molecule has 134 valence electrons. The highest BCUT2D eigenvalue weighted by Gasteiger charge is 2.30. The fourth-order valence-corrected chi connectivity index (χ4v) is 2.60. The van der Waals surface area contributed by atoms with Gasteiger partial charge in [-0.05, 0) is 37.1 Å². The van der Waals surface area contributed by atoms with Crippen LogP contribution >= 0.6 is 12.4 Å². The summed E-state index contributed by atoms with van der Waals surface area (Å²) in [6.45, 7) is 0.406. The molecule has 0 spiro atoms. The molecule has 0 unspecified atom stereocenters. The number of nitrogens with two attached hydrogens (primary N) is 1. The Hall–Kier alpha value is -2.15. The number of ether oxygens (including phenoxy) is 2. The predicted molar refractivity (Wildman–Crippen MR) is 95.7 cm³/mol. The van der Waals surface area contributed by atoms with Gasteiger partial charge in [0.15, 0.2) is 5.75 Å². The molecule has 5 nitrogen and oxygen atoms in total. The molecule has 0 aliphatic carbocycles. The highest BCUT2D eigenvalue weighted by atomic mass is 35.5. The molecular weight excluding hydrogens is 347 g/mol. The third-order valence-corrected chi connectivity index (χ3v) is 3.83. The van der Waals surface area contributed by atoms with Crippen molar-refractivity contribution in [3.8, 4) is 11.5 Å². The Morgan fingerprint density at radius 3 is 2.76 bits per heavy atom. The lowest BCUT2D eigenvalue weighted by molar-refractivity contribution is -0.126. The van der Waals surface area contributed by atoms with Crippen molar-refractivity contribution in [2.45, 2.75) is 25.0 Å². The average molecular weight is 367 g/mol. The number of carbonyl (C=O) groups is 1. The average Bonchev–Trinajstić information content (AvgIpc) is 3.06. The van der Waals surface area contributed by atoms with Crippen molar-refractivity contribution in [2.75, 3.05) is 11.9 Å². The largest absolute Gasteiger partial charge is 0.455 e. The van der Waals surface area contributed by atoms with Crippen molar-refractivity contribution >= 4 is 24.0 Å². The predicted octanol–water partition coefficient (Wildman–Crippen LogP) is 3.48. The van der Waals surface area contributed by atoms with E-state index in [2.05, 4.69) is 5.32 Å². The van der Waals surface area contributed by atoms with Gasteiger partial charge in [0.2, 0.25) is 0 Å². The summed E-state index contributed by atoms with van der Waals surface area (Å²) in [5, 5.41) is 2.81. The normalized spacial score (nSPS) is 19.1. The van der Waals surface area contributed by atoms with Gasteiger partial charge < -0.3 is 20.5 Å². The van der Waals surface area contributed by atoms with Crippen molar-refractivity contribution in [2.24, 2.45) is 5.73 Å². The van der Waals surface area contributed by atoms with Gasteiger partial charge in [-0.2, -0.15) is 0 Å². The van der Waals surface area contributed by atoms with Crippen LogP contribution in [0.4, 0.5) is 10.1 Å². The Bertz CT molecular complexity index is 729. The van der Waals surface area contributed by atoms with Gasteiger partial charge in [0.05, 0.1) is 11.8 Å². The van der Waals surface area contributed by atoms with E-state index in [0.717, 1.165) is 6.42 Å². The molecule has 0 saturated carbocycles. The third-order valence-electron chi connectivity index (χ3n) is 3.83. The fraction of sp³-hybridized carbons (Fsp3) is 0.278. The molecule has 7 heteroatoms. The summed E-state index contributed by atoms with van der Waals surface area (Å²) in [5.74, 6) is 0.171. The maximum Gasteiger partial charge on any atom is 0.253 e. The van der Waals surface area contributed by atoms with E-state index in [1.807, 2.05) is 0 Å².